The first kappa shape index (κ1) is 13.2. The Hall–Kier alpha value is -2.46. The van der Waals surface area contributed by atoms with Crippen molar-refractivity contribution in [2.75, 3.05) is 13.1 Å². The van der Waals surface area contributed by atoms with Crippen molar-refractivity contribution in [3.8, 4) is 11.1 Å². The second-order valence-corrected chi connectivity index (χ2v) is 5.65. The lowest BCUT2D eigenvalue weighted by Gasteiger charge is -2.17. The fourth-order valence-electron chi connectivity index (χ4n) is 3.09. The monoisotopic (exact) mass is 290 g/mol. The molecule has 0 amide bonds. The lowest BCUT2D eigenvalue weighted by molar-refractivity contribution is 0.738. The highest BCUT2D eigenvalue weighted by Gasteiger charge is 2.13. The van der Waals surface area contributed by atoms with Crippen LogP contribution < -0.4 is 5.32 Å². The standard InChI is InChI=1S/C18H18N4/c1-13-16(14-4-6-19-7-5-14)10-20-11-17(13)15-2-3-18-21-8-9-22(18)12-15/h2-4,8-12,19H,5-7H2,1H3. The maximum Gasteiger partial charge on any atom is 0.136 e. The molecule has 3 aromatic rings. The summed E-state index contributed by atoms with van der Waals surface area (Å²) >= 11 is 0. The molecule has 0 aliphatic carbocycles. The van der Waals surface area contributed by atoms with Crippen LogP contribution in [0, 0.1) is 6.92 Å². The van der Waals surface area contributed by atoms with E-state index < -0.39 is 0 Å². The minimum absolute atomic E-state index is 0.944. The second-order valence-electron chi connectivity index (χ2n) is 5.65. The number of nitrogens with one attached hydrogen (secondary N) is 1. The van der Waals surface area contributed by atoms with Crippen molar-refractivity contribution in [2.45, 2.75) is 13.3 Å². The Morgan fingerprint density at radius 1 is 1.18 bits per heavy atom. The molecule has 4 nitrogen and oxygen atoms in total. The van der Waals surface area contributed by atoms with Gasteiger partial charge in [0.1, 0.15) is 5.65 Å². The van der Waals surface area contributed by atoms with E-state index in [0.29, 0.717) is 0 Å². The van der Waals surface area contributed by atoms with Gasteiger partial charge >= 0.3 is 0 Å². The van der Waals surface area contributed by atoms with E-state index in [-0.39, 0.29) is 0 Å². The van der Waals surface area contributed by atoms with E-state index in [0.717, 1.165) is 25.2 Å². The van der Waals surface area contributed by atoms with E-state index in [9.17, 15) is 0 Å². The van der Waals surface area contributed by atoms with Crippen LogP contribution in [-0.4, -0.2) is 27.5 Å². The molecule has 0 atom stereocenters. The third-order valence-corrected chi connectivity index (χ3v) is 4.32. The number of pyridine rings is 2. The van der Waals surface area contributed by atoms with Crippen LogP contribution >= 0.6 is 0 Å². The molecule has 4 heterocycles. The minimum atomic E-state index is 0.944. The van der Waals surface area contributed by atoms with E-state index in [1.807, 2.05) is 35.3 Å². The molecular formula is C18H18N4. The van der Waals surface area contributed by atoms with Gasteiger partial charge in [0.2, 0.25) is 0 Å². The first-order valence-corrected chi connectivity index (χ1v) is 7.61. The van der Waals surface area contributed by atoms with Gasteiger partial charge in [-0.1, -0.05) is 6.08 Å². The molecule has 0 aromatic carbocycles. The molecule has 4 rings (SSSR count). The number of rotatable bonds is 2. The van der Waals surface area contributed by atoms with Gasteiger partial charge in [0.25, 0.3) is 0 Å². The van der Waals surface area contributed by atoms with Crippen LogP contribution in [0.15, 0.2) is 49.2 Å². The van der Waals surface area contributed by atoms with Crippen LogP contribution in [0.4, 0.5) is 0 Å². The van der Waals surface area contributed by atoms with E-state index in [4.69, 9.17) is 0 Å². The largest absolute Gasteiger partial charge is 0.313 e. The highest BCUT2D eigenvalue weighted by Crippen LogP contribution is 2.30. The highest BCUT2D eigenvalue weighted by atomic mass is 15.0. The van der Waals surface area contributed by atoms with E-state index >= 15 is 0 Å². The Bertz CT molecular complexity index is 860. The Balaban J connectivity index is 1.83. The molecule has 0 fully saturated rings. The number of fused-ring (bicyclic) bond motifs is 1. The van der Waals surface area contributed by atoms with Crippen molar-refractivity contribution in [1.29, 1.82) is 0 Å². The first-order valence-electron chi connectivity index (χ1n) is 7.61. The Labute approximate surface area is 129 Å². The molecule has 1 N–H and O–H groups in total. The van der Waals surface area contributed by atoms with E-state index in [1.165, 1.54) is 27.8 Å². The zero-order chi connectivity index (χ0) is 14.9. The Morgan fingerprint density at radius 2 is 2.09 bits per heavy atom. The summed E-state index contributed by atoms with van der Waals surface area (Å²) in [5, 5.41) is 3.36. The van der Waals surface area contributed by atoms with Gasteiger partial charge in [-0.05, 0) is 48.7 Å². The van der Waals surface area contributed by atoms with E-state index in [1.54, 1.807) is 0 Å². The molecule has 0 spiro atoms. The van der Waals surface area contributed by atoms with Gasteiger partial charge in [0.05, 0.1) is 0 Å². The van der Waals surface area contributed by atoms with Gasteiger partial charge in [-0.3, -0.25) is 4.98 Å². The molecule has 1 aliphatic heterocycles. The van der Waals surface area contributed by atoms with Crippen molar-refractivity contribution >= 4 is 11.2 Å². The second kappa shape index (κ2) is 5.39. The summed E-state index contributed by atoms with van der Waals surface area (Å²) in [5.41, 5.74) is 7.28. The van der Waals surface area contributed by atoms with Crippen LogP contribution in [0.1, 0.15) is 17.5 Å². The van der Waals surface area contributed by atoms with Gasteiger partial charge in [0, 0.05) is 48.7 Å². The maximum atomic E-state index is 4.48. The van der Waals surface area contributed by atoms with Gasteiger partial charge in [-0.25, -0.2) is 4.98 Å². The van der Waals surface area contributed by atoms with Crippen LogP contribution in [0.3, 0.4) is 0 Å². The Kier molecular flexibility index (Phi) is 3.24. The highest BCUT2D eigenvalue weighted by molar-refractivity contribution is 5.76. The minimum Gasteiger partial charge on any atom is -0.313 e. The van der Waals surface area contributed by atoms with Crippen molar-refractivity contribution in [3.63, 3.8) is 0 Å². The third kappa shape index (κ3) is 2.22. The summed E-state index contributed by atoms with van der Waals surface area (Å²) in [4.78, 5) is 8.78. The summed E-state index contributed by atoms with van der Waals surface area (Å²) in [5.74, 6) is 0. The topological polar surface area (TPSA) is 42.2 Å². The molecule has 0 unspecified atom stereocenters. The molecule has 4 heteroatoms. The molecule has 110 valence electrons. The normalized spacial score (nSPS) is 15.0. The first-order chi connectivity index (χ1) is 10.8. The molecule has 0 bridgehead atoms. The average molecular weight is 290 g/mol. The van der Waals surface area contributed by atoms with Gasteiger partial charge in [-0.2, -0.15) is 0 Å². The summed E-state index contributed by atoms with van der Waals surface area (Å²) in [7, 11) is 0. The molecule has 0 saturated heterocycles. The number of imidazole rings is 1. The summed E-state index contributed by atoms with van der Waals surface area (Å²) in [6, 6.07) is 4.16. The SMILES string of the molecule is Cc1c(C2=CCNCC2)cncc1-c1ccc2nccn2c1. The summed E-state index contributed by atoms with van der Waals surface area (Å²) in [6.45, 7) is 4.17. The zero-order valence-corrected chi connectivity index (χ0v) is 12.6. The zero-order valence-electron chi connectivity index (χ0n) is 12.6. The average Bonchev–Trinajstić information content (AvgIpc) is 3.03. The van der Waals surface area contributed by atoms with Crippen molar-refractivity contribution in [3.05, 3.63) is 60.3 Å². The molecule has 0 radical (unpaired) electrons. The van der Waals surface area contributed by atoms with Crippen molar-refractivity contribution in [1.82, 2.24) is 19.7 Å². The molecule has 22 heavy (non-hydrogen) atoms. The van der Waals surface area contributed by atoms with Crippen LogP contribution in [0.25, 0.3) is 22.3 Å². The molecule has 0 saturated carbocycles. The molecular weight excluding hydrogens is 272 g/mol. The lowest BCUT2D eigenvalue weighted by Crippen LogP contribution is -2.20. The van der Waals surface area contributed by atoms with Gasteiger partial charge in [-0.15, -0.1) is 0 Å². The van der Waals surface area contributed by atoms with Gasteiger partial charge < -0.3 is 9.72 Å². The molecule has 3 aromatic heterocycles. The predicted octanol–water partition coefficient (Wildman–Crippen LogP) is 3.08. The smallest absolute Gasteiger partial charge is 0.136 e. The number of nitrogens with zero attached hydrogens (tertiary/aromatic N) is 3. The summed E-state index contributed by atoms with van der Waals surface area (Å²) in [6.07, 6.45) is 13.2. The lowest BCUT2D eigenvalue weighted by atomic mass is 9.93. The predicted molar refractivity (Wildman–Crippen MR) is 88.6 cm³/mol. The fraction of sp³-hybridized carbons (Fsp3) is 0.222. The number of hydrogen-bond acceptors (Lipinski definition) is 3. The fourth-order valence-corrected chi connectivity index (χ4v) is 3.09. The van der Waals surface area contributed by atoms with Crippen LogP contribution in [-0.2, 0) is 0 Å². The molecule has 1 aliphatic rings. The number of aromatic nitrogens is 3. The van der Waals surface area contributed by atoms with Crippen molar-refractivity contribution in [2.24, 2.45) is 0 Å². The van der Waals surface area contributed by atoms with E-state index in [2.05, 4.69) is 40.5 Å². The van der Waals surface area contributed by atoms with Crippen LogP contribution in [0.5, 0.6) is 0 Å². The summed E-state index contributed by atoms with van der Waals surface area (Å²) < 4.78 is 2.05. The van der Waals surface area contributed by atoms with Crippen LogP contribution in [0.2, 0.25) is 0 Å². The Morgan fingerprint density at radius 3 is 2.95 bits per heavy atom. The van der Waals surface area contributed by atoms with Gasteiger partial charge in [0.15, 0.2) is 0 Å². The number of hydrogen-bond donors (Lipinski definition) is 1. The quantitative estimate of drug-likeness (QED) is 0.788. The van der Waals surface area contributed by atoms with Crippen molar-refractivity contribution < 1.29 is 0 Å². The third-order valence-electron chi connectivity index (χ3n) is 4.32. The maximum absolute atomic E-state index is 4.48.